The van der Waals surface area contributed by atoms with Crippen LogP contribution in [0.3, 0.4) is 0 Å². The third-order valence-electron chi connectivity index (χ3n) is 5.27. The van der Waals surface area contributed by atoms with Crippen LogP contribution in [0.25, 0.3) is 0 Å². The number of carbonyl (C=O) groups is 1. The topological polar surface area (TPSA) is 105 Å². The van der Waals surface area contributed by atoms with Gasteiger partial charge in [0.15, 0.2) is 0 Å². The Balaban J connectivity index is 1.39. The molecule has 142 valence electrons. The van der Waals surface area contributed by atoms with Gasteiger partial charge in [-0.25, -0.2) is 9.37 Å². The Labute approximate surface area is 158 Å². The van der Waals surface area contributed by atoms with Crippen molar-refractivity contribution < 1.29 is 9.18 Å². The van der Waals surface area contributed by atoms with E-state index in [1.54, 1.807) is 18.3 Å². The molecule has 2 unspecified atom stereocenters. The Morgan fingerprint density at radius 2 is 2.19 bits per heavy atom. The number of aromatic nitrogens is 1. The molecule has 8 heteroatoms. The zero-order valence-corrected chi connectivity index (χ0v) is 15.1. The van der Waals surface area contributed by atoms with Crippen LogP contribution < -0.4 is 10.6 Å². The number of amides is 1. The van der Waals surface area contributed by atoms with E-state index in [2.05, 4.69) is 15.6 Å². The van der Waals surface area contributed by atoms with Crippen LogP contribution in [0.1, 0.15) is 31.2 Å². The molecule has 2 heterocycles. The summed E-state index contributed by atoms with van der Waals surface area (Å²) >= 11 is 0. The van der Waals surface area contributed by atoms with Gasteiger partial charge < -0.3 is 15.5 Å². The van der Waals surface area contributed by atoms with Gasteiger partial charge in [-0.15, -0.1) is 0 Å². The van der Waals surface area contributed by atoms with Gasteiger partial charge in [0.05, 0.1) is 24.7 Å². The number of pyridine rings is 1. The molecule has 1 saturated heterocycles. The number of anilines is 1. The molecule has 1 aromatic rings. The molecule has 1 aromatic heterocycles. The van der Waals surface area contributed by atoms with E-state index in [0.717, 1.165) is 31.6 Å². The van der Waals surface area contributed by atoms with Crippen molar-refractivity contribution in [2.24, 2.45) is 5.92 Å². The minimum atomic E-state index is -1.10. The average molecular weight is 370 g/mol. The van der Waals surface area contributed by atoms with Crippen molar-refractivity contribution in [1.29, 1.82) is 10.5 Å². The molecule has 1 saturated carbocycles. The first-order chi connectivity index (χ1) is 13.1. The lowest BCUT2D eigenvalue weighted by molar-refractivity contribution is -0.130. The van der Waals surface area contributed by atoms with Crippen molar-refractivity contribution in [3.8, 4) is 12.1 Å². The molecule has 27 heavy (non-hydrogen) atoms. The zero-order valence-electron chi connectivity index (χ0n) is 15.1. The lowest BCUT2D eigenvalue weighted by Gasteiger charge is -2.21. The van der Waals surface area contributed by atoms with Crippen LogP contribution in [-0.4, -0.2) is 53.7 Å². The van der Waals surface area contributed by atoms with Crippen LogP contribution in [0.2, 0.25) is 0 Å². The van der Waals surface area contributed by atoms with Crippen molar-refractivity contribution in [2.45, 2.75) is 43.9 Å². The lowest BCUT2D eigenvalue weighted by atomic mass is 10.1. The Bertz CT molecular complexity index is 740. The summed E-state index contributed by atoms with van der Waals surface area (Å²) in [6.07, 6.45) is 3.53. The van der Waals surface area contributed by atoms with Crippen molar-refractivity contribution in [3.05, 3.63) is 23.9 Å². The maximum Gasteiger partial charge on any atom is 0.237 e. The number of nitrogens with zero attached hydrogens (tertiary/aromatic N) is 4. The molecule has 1 aliphatic carbocycles. The third-order valence-corrected chi connectivity index (χ3v) is 5.27. The van der Waals surface area contributed by atoms with Crippen LogP contribution in [-0.2, 0) is 4.79 Å². The molecule has 0 radical (unpaired) electrons. The molecule has 2 fully saturated rings. The highest BCUT2D eigenvalue weighted by Crippen LogP contribution is 2.26. The van der Waals surface area contributed by atoms with Crippen LogP contribution >= 0.6 is 0 Å². The van der Waals surface area contributed by atoms with E-state index in [1.165, 1.54) is 4.90 Å². The van der Waals surface area contributed by atoms with Crippen LogP contribution in [0.5, 0.6) is 0 Å². The van der Waals surface area contributed by atoms with Gasteiger partial charge in [-0.3, -0.25) is 4.79 Å². The molecule has 2 N–H and O–H groups in total. The largest absolute Gasteiger partial charge is 0.370 e. The average Bonchev–Trinajstić information content (AvgIpc) is 3.31. The highest BCUT2D eigenvalue weighted by Gasteiger charge is 2.35. The Kier molecular flexibility index (Phi) is 6.20. The third kappa shape index (κ3) is 4.93. The molecular weight excluding hydrogens is 347 g/mol. The summed E-state index contributed by atoms with van der Waals surface area (Å²) in [5, 5.41) is 24.4. The van der Waals surface area contributed by atoms with Crippen LogP contribution in [0, 0.1) is 28.6 Å². The van der Waals surface area contributed by atoms with E-state index in [4.69, 9.17) is 10.5 Å². The maximum absolute atomic E-state index is 13.4. The smallest absolute Gasteiger partial charge is 0.237 e. The number of hydrogen-bond donors (Lipinski definition) is 2. The SMILES string of the molecule is N#Cc1ccc(NCC2CCC(NCC(=O)N3C[C@@H](F)C[C@H]3C#N)C2)nc1. The van der Waals surface area contributed by atoms with Gasteiger partial charge >= 0.3 is 0 Å². The second kappa shape index (κ2) is 8.79. The fourth-order valence-corrected chi connectivity index (χ4v) is 3.78. The monoisotopic (exact) mass is 370 g/mol. The fraction of sp³-hybridized carbons (Fsp3) is 0.579. The number of likely N-dealkylation sites (tertiary alicyclic amines) is 1. The number of nitrogens with one attached hydrogen (secondary N) is 2. The predicted molar refractivity (Wildman–Crippen MR) is 97.2 cm³/mol. The van der Waals surface area contributed by atoms with Gasteiger partial charge in [-0.05, 0) is 37.3 Å². The normalized spacial score (nSPS) is 27.1. The number of halogens is 1. The Morgan fingerprint density at radius 1 is 1.33 bits per heavy atom. The molecule has 1 amide bonds. The van der Waals surface area contributed by atoms with E-state index < -0.39 is 12.2 Å². The van der Waals surface area contributed by atoms with Gasteiger partial charge in [0, 0.05) is 25.2 Å². The number of nitriles is 2. The zero-order chi connectivity index (χ0) is 19.2. The standard InChI is InChI=1S/C19H23FN6O/c20-15-6-17(8-22)26(12-15)19(27)11-23-16-3-1-13(5-16)9-24-18-4-2-14(7-21)10-25-18/h2,4,10,13,15-17,23H,1,3,5-6,9,11-12H2,(H,24,25)/t13?,15-,16?,17-/m0/s1. The van der Waals surface area contributed by atoms with Crippen molar-refractivity contribution in [2.75, 3.05) is 25.0 Å². The predicted octanol–water partition coefficient (Wildman–Crippen LogP) is 1.59. The summed E-state index contributed by atoms with van der Waals surface area (Å²) in [7, 11) is 0. The highest BCUT2D eigenvalue weighted by molar-refractivity contribution is 5.79. The van der Waals surface area contributed by atoms with Crippen molar-refractivity contribution >= 4 is 11.7 Å². The summed E-state index contributed by atoms with van der Waals surface area (Å²) in [6, 6.07) is 7.18. The molecule has 4 atom stereocenters. The Morgan fingerprint density at radius 3 is 2.89 bits per heavy atom. The van der Waals surface area contributed by atoms with Gasteiger partial charge in [-0.2, -0.15) is 10.5 Å². The van der Waals surface area contributed by atoms with Gasteiger partial charge in [0.2, 0.25) is 5.91 Å². The molecule has 7 nitrogen and oxygen atoms in total. The number of carbonyl (C=O) groups excluding carboxylic acids is 1. The summed E-state index contributed by atoms with van der Waals surface area (Å²) in [5.41, 5.74) is 0.533. The van der Waals surface area contributed by atoms with E-state index in [-0.39, 0.29) is 31.5 Å². The quantitative estimate of drug-likeness (QED) is 0.788. The summed E-state index contributed by atoms with van der Waals surface area (Å²) in [6.45, 7) is 0.956. The minimum absolute atomic E-state index is 0.0214. The number of alkyl halides is 1. The molecule has 0 spiro atoms. The Hall–Kier alpha value is -2.71. The minimum Gasteiger partial charge on any atom is -0.370 e. The van der Waals surface area contributed by atoms with E-state index >= 15 is 0 Å². The van der Waals surface area contributed by atoms with Crippen LogP contribution in [0.4, 0.5) is 10.2 Å². The van der Waals surface area contributed by atoms with Crippen molar-refractivity contribution in [1.82, 2.24) is 15.2 Å². The molecule has 0 bridgehead atoms. The highest BCUT2D eigenvalue weighted by atomic mass is 19.1. The van der Waals surface area contributed by atoms with Gasteiger partial charge in [0.1, 0.15) is 24.1 Å². The first-order valence-corrected chi connectivity index (χ1v) is 9.25. The first-order valence-electron chi connectivity index (χ1n) is 9.25. The molecule has 3 rings (SSSR count). The number of hydrogen-bond acceptors (Lipinski definition) is 6. The van der Waals surface area contributed by atoms with E-state index in [9.17, 15) is 9.18 Å². The van der Waals surface area contributed by atoms with E-state index in [1.807, 2.05) is 12.1 Å². The fourth-order valence-electron chi connectivity index (χ4n) is 3.78. The maximum atomic E-state index is 13.4. The molecule has 0 aromatic carbocycles. The van der Waals surface area contributed by atoms with E-state index in [0.29, 0.717) is 11.5 Å². The summed E-state index contributed by atoms with van der Waals surface area (Å²) < 4.78 is 13.4. The summed E-state index contributed by atoms with van der Waals surface area (Å²) in [5.74, 6) is 1.02. The second-order valence-corrected chi connectivity index (χ2v) is 7.21. The van der Waals surface area contributed by atoms with Crippen LogP contribution in [0.15, 0.2) is 18.3 Å². The lowest BCUT2D eigenvalue weighted by Crippen LogP contribution is -2.43. The second-order valence-electron chi connectivity index (χ2n) is 7.21. The summed E-state index contributed by atoms with van der Waals surface area (Å²) in [4.78, 5) is 17.8. The van der Waals surface area contributed by atoms with Gasteiger partial charge in [0.25, 0.3) is 0 Å². The number of rotatable bonds is 6. The molecule has 2 aliphatic rings. The van der Waals surface area contributed by atoms with Crippen molar-refractivity contribution in [3.63, 3.8) is 0 Å². The van der Waals surface area contributed by atoms with Gasteiger partial charge in [-0.1, -0.05) is 0 Å². The first kappa shape index (κ1) is 19.1. The molecule has 1 aliphatic heterocycles. The molecular formula is C19H23FN6O.